The molecule has 0 aliphatic rings. The molecular formula is C16H28N2. The van der Waals surface area contributed by atoms with E-state index in [0.29, 0.717) is 0 Å². The van der Waals surface area contributed by atoms with Gasteiger partial charge in [-0.25, -0.2) is 0 Å². The van der Waals surface area contributed by atoms with E-state index in [0.717, 1.165) is 25.4 Å². The number of rotatable bonds is 9. The highest BCUT2D eigenvalue weighted by Crippen LogP contribution is 2.05. The van der Waals surface area contributed by atoms with Gasteiger partial charge in [-0.05, 0) is 30.9 Å². The molecule has 0 saturated heterocycles. The van der Waals surface area contributed by atoms with Crippen molar-refractivity contribution < 1.29 is 0 Å². The average Bonchev–Trinajstić information content (AvgIpc) is 2.34. The lowest BCUT2D eigenvalue weighted by molar-refractivity contribution is 0.506. The molecule has 2 nitrogen and oxygen atoms in total. The Labute approximate surface area is 112 Å². The first-order valence-electron chi connectivity index (χ1n) is 7.18. The zero-order chi connectivity index (χ0) is 13.2. The molecule has 1 rings (SSSR count). The summed E-state index contributed by atoms with van der Waals surface area (Å²) in [5.74, 6) is 0.824. The quantitative estimate of drug-likeness (QED) is 0.659. The number of hydrogen-bond donors (Lipinski definition) is 2. The maximum absolute atomic E-state index is 6.11. The average molecular weight is 248 g/mol. The van der Waals surface area contributed by atoms with Crippen LogP contribution in [0.15, 0.2) is 30.3 Å². The third-order valence-corrected chi connectivity index (χ3v) is 3.13. The summed E-state index contributed by atoms with van der Waals surface area (Å²) in [6, 6.07) is 10.7. The van der Waals surface area contributed by atoms with E-state index in [-0.39, 0.29) is 6.04 Å². The summed E-state index contributed by atoms with van der Waals surface area (Å²) in [5.41, 5.74) is 7.43. The van der Waals surface area contributed by atoms with E-state index in [2.05, 4.69) is 43.4 Å². The Morgan fingerprint density at radius 2 is 1.83 bits per heavy atom. The van der Waals surface area contributed by atoms with Crippen LogP contribution < -0.4 is 11.1 Å². The minimum absolute atomic E-state index is 0.220. The van der Waals surface area contributed by atoms with E-state index >= 15 is 0 Å². The van der Waals surface area contributed by atoms with Crippen LogP contribution in [0.5, 0.6) is 0 Å². The molecular weight excluding hydrogens is 220 g/mol. The van der Waals surface area contributed by atoms with Gasteiger partial charge in [-0.1, -0.05) is 57.0 Å². The molecule has 0 amide bonds. The van der Waals surface area contributed by atoms with Gasteiger partial charge in [0.2, 0.25) is 0 Å². The molecule has 1 aromatic rings. The van der Waals surface area contributed by atoms with E-state index in [9.17, 15) is 0 Å². The predicted octanol–water partition coefficient (Wildman–Crippen LogP) is 2.97. The smallest absolute Gasteiger partial charge is 0.0206 e. The van der Waals surface area contributed by atoms with Crippen molar-refractivity contribution in [1.29, 1.82) is 0 Å². The number of nitrogens with two attached hydrogens (primary N) is 1. The molecule has 0 radical (unpaired) electrons. The first-order valence-corrected chi connectivity index (χ1v) is 7.18. The van der Waals surface area contributed by atoms with Crippen LogP contribution in [0.3, 0.4) is 0 Å². The Morgan fingerprint density at radius 1 is 1.11 bits per heavy atom. The van der Waals surface area contributed by atoms with E-state index in [1.54, 1.807) is 0 Å². The molecule has 0 saturated carbocycles. The van der Waals surface area contributed by atoms with Gasteiger partial charge in [-0.2, -0.15) is 0 Å². The maximum atomic E-state index is 6.11. The normalized spacial score (nSPS) is 12.9. The van der Waals surface area contributed by atoms with Gasteiger partial charge < -0.3 is 11.1 Å². The Kier molecular flexibility index (Phi) is 7.70. The second-order valence-corrected chi connectivity index (χ2v) is 5.54. The van der Waals surface area contributed by atoms with Gasteiger partial charge in [-0.3, -0.25) is 0 Å². The zero-order valence-electron chi connectivity index (χ0n) is 11.9. The topological polar surface area (TPSA) is 38.0 Å². The van der Waals surface area contributed by atoms with Gasteiger partial charge in [0.1, 0.15) is 0 Å². The minimum atomic E-state index is 0.220. The molecule has 0 fully saturated rings. The molecule has 2 heteroatoms. The van der Waals surface area contributed by atoms with E-state index < -0.39 is 0 Å². The van der Waals surface area contributed by atoms with E-state index in [1.807, 2.05) is 6.07 Å². The lowest BCUT2D eigenvalue weighted by Crippen LogP contribution is -2.36. The van der Waals surface area contributed by atoms with Crippen LogP contribution in [0.1, 0.15) is 38.7 Å². The molecule has 0 aromatic heterocycles. The van der Waals surface area contributed by atoms with Gasteiger partial charge in [0.05, 0.1) is 0 Å². The van der Waals surface area contributed by atoms with Crippen molar-refractivity contribution in [2.24, 2.45) is 11.7 Å². The van der Waals surface area contributed by atoms with Crippen molar-refractivity contribution in [3.05, 3.63) is 35.9 Å². The third kappa shape index (κ3) is 7.46. The van der Waals surface area contributed by atoms with Crippen molar-refractivity contribution in [2.75, 3.05) is 13.1 Å². The lowest BCUT2D eigenvalue weighted by Gasteiger charge is -2.13. The van der Waals surface area contributed by atoms with Gasteiger partial charge in [0, 0.05) is 12.6 Å². The predicted molar refractivity (Wildman–Crippen MR) is 79.7 cm³/mol. The fraction of sp³-hybridized carbons (Fsp3) is 0.625. The summed E-state index contributed by atoms with van der Waals surface area (Å²) < 4.78 is 0. The van der Waals surface area contributed by atoms with Crippen LogP contribution in [-0.4, -0.2) is 19.1 Å². The number of nitrogens with one attached hydrogen (secondary N) is 1. The van der Waals surface area contributed by atoms with Gasteiger partial charge in [-0.15, -0.1) is 0 Å². The fourth-order valence-electron chi connectivity index (χ4n) is 2.08. The lowest BCUT2D eigenvalue weighted by atomic mass is 10.1. The van der Waals surface area contributed by atoms with E-state index in [4.69, 9.17) is 5.73 Å². The molecule has 18 heavy (non-hydrogen) atoms. The summed E-state index contributed by atoms with van der Waals surface area (Å²) in [6.07, 6.45) is 4.87. The molecule has 1 aromatic carbocycles. The highest BCUT2D eigenvalue weighted by Gasteiger charge is 2.03. The van der Waals surface area contributed by atoms with Gasteiger partial charge >= 0.3 is 0 Å². The van der Waals surface area contributed by atoms with Gasteiger partial charge in [0.15, 0.2) is 0 Å². The Morgan fingerprint density at radius 3 is 2.50 bits per heavy atom. The fourth-order valence-corrected chi connectivity index (χ4v) is 2.08. The third-order valence-electron chi connectivity index (χ3n) is 3.13. The van der Waals surface area contributed by atoms with Crippen molar-refractivity contribution >= 4 is 0 Å². The van der Waals surface area contributed by atoms with Gasteiger partial charge in [0.25, 0.3) is 0 Å². The Bertz CT molecular complexity index is 295. The molecule has 102 valence electrons. The molecule has 0 aliphatic heterocycles. The van der Waals surface area contributed by atoms with Crippen molar-refractivity contribution in [1.82, 2.24) is 5.32 Å². The molecule has 0 aliphatic carbocycles. The monoisotopic (exact) mass is 248 g/mol. The second-order valence-electron chi connectivity index (χ2n) is 5.54. The minimum Gasteiger partial charge on any atom is -0.326 e. The molecule has 3 N–H and O–H groups in total. The first-order chi connectivity index (χ1) is 8.68. The summed E-state index contributed by atoms with van der Waals surface area (Å²) >= 11 is 0. The summed E-state index contributed by atoms with van der Waals surface area (Å²) in [7, 11) is 0. The summed E-state index contributed by atoms with van der Waals surface area (Å²) in [6.45, 7) is 6.57. The highest BCUT2D eigenvalue weighted by atomic mass is 14.9. The summed E-state index contributed by atoms with van der Waals surface area (Å²) in [5, 5.41) is 3.45. The van der Waals surface area contributed by atoms with E-state index in [1.165, 1.54) is 24.8 Å². The van der Waals surface area contributed by atoms with Crippen LogP contribution in [0.4, 0.5) is 0 Å². The zero-order valence-corrected chi connectivity index (χ0v) is 11.9. The maximum Gasteiger partial charge on any atom is 0.0206 e. The molecule has 0 spiro atoms. The highest BCUT2D eigenvalue weighted by molar-refractivity contribution is 5.15. The number of hydrogen-bond acceptors (Lipinski definition) is 2. The SMILES string of the molecule is CC(C)CCCCNCC(N)Cc1ccccc1. The standard InChI is InChI=1S/C16H28N2/c1-14(2)8-6-7-11-18-13-16(17)12-15-9-4-3-5-10-15/h3-5,9-10,14,16,18H,6-8,11-13,17H2,1-2H3. The second kappa shape index (κ2) is 9.12. The summed E-state index contributed by atoms with van der Waals surface area (Å²) in [4.78, 5) is 0. The Balaban J connectivity index is 2.02. The molecule has 1 atom stereocenters. The van der Waals surface area contributed by atoms with Crippen molar-refractivity contribution in [3.8, 4) is 0 Å². The number of benzene rings is 1. The van der Waals surface area contributed by atoms with Crippen molar-refractivity contribution in [3.63, 3.8) is 0 Å². The number of unbranched alkanes of at least 4 members (excludes halogenated alkanes) is 1. The van der Waals surface area contributed by atoms with Crippen LogP contribution in [0.25, 0.3) is 0 Å². The largest absolute Gasteiger partial charge is 0.326 e. The Hall–Kier alpha value is -0.860. The van der Waals surface area contributed by atoms with Crippen molar-refractivity contribution in [2.45, 2.75) is 45.6 Å². The first kappa shape index (κ1) is 15.2. The van der Waals surface area contributed by atoms with Crippen LogP contribution in [0.2, 0.25) is 0 Å². The molecule has 0 bridgehead atoms. The van der Waals surface area contributed by atoms with Crippen LogP contribution >= 0.6 is 0 Å². The van der Waals surface area contributed by atoms with Crippen LogP contribution in [-0.2, 0) is 6.42 Å². The molecule has 0 heterocycles. The van der Waals surface area contributed by atoms with Crippen LogP contribution in [0, 0.1) is 5.92 Å². The molecule has 1 unspecified atom stereocenters.